The largest absolute Gasteiger partial charge is 0.303 e. The predicted octanol–water partition coefficient (Wildman–Crippen LogP) is 0.812. The van der Waals surface area contributed by atoms with Gasteiger partial charge in [-0.3, -0.25) is 0 Å². The molecule has 0 heterocycles. The summed E-state index contributed by atoms with van der Waals surface area (Å²) in [6.45, 7) is 0. The molecule has 0 radical (unpaired) electrons. The number of hydrogen-bond donors (Lipinski definition) is 0. The molecule has 0 atom stereocenters. The van der Waals surface area contributed by atoms with E-state index in [9.17, 15) is 4.79 Å². The third-order valence-corrected chi connectivity index (χ3v) is 0.445. The minimum absolute atomic E-state index is 0. The minimum Gasteiger partial charge on any atom is -0.303 e. The van der Waals surface area contributed by atoms with Crippen molar-refractivity contribution < 1.29 is 26.5 Å². The van der Waals surface area contributed by atoms with Crippen molar-refractivity contribution in [2.24, 2.45) is 0 Å². The van der Waals surface area contributed by atoms with Crippen LogP contribution < -0.4 is 0 Å². The Bertz CT molecular complexity index is 32.0. The summed E-state index contributed by atoms with van der Waals surface area (Å²) in [5.41, 5.74) is 0. The number of carbonyl (C=O) groups is 1. The van der Waals surface area contributed by atoms with Crippen molar-refractivity contribution in [1.29, 1.82) is 0 Å². The Kier molecular flexibility index (Phi) is 15.1. The molecule has 6 heavy (non-hydrogen) atoms. The summed E-state index contributed by atoms with van der Waals surface area (Å²) in [5.74, 6) is 0.448. The molecule has 0 bridgehead atoms. The SMILES string of the molecule is O=CCCCl.[Ti]. The summed E-state index contributed by atoms with van der Waals surface area (Å²) in [6, 6.07) is 0. The van der Waals surface area contributed by atoms with Crippen LogP contribution in [0.1, 0.15) is 6.42 Å². The van der Waals surface area contributed by atoms with E-state index in [-0.39, 0.29) is 21.7 Å². The summed E-state index contributed by atoms with van der Waals surface area (Å²) in [6.07, 6.45) is 1.27. The molecule has 3 heteroatoms. The van der Waals surface area contributed by atoms with Gasteiger partial charge in [0.2, 0.25) is 0 Å². The van der Waals surface area contributed by atoms with Gasteiger partial charge in [0, 0.05) is 34.0 Å². The summed E-state index contributed by atoms with van der Waals surface area (Å²) in [7, 11) is 0. The van der Waals surface area contributed by atoms with Gasteiger partial charge in [-0.2, -0.15) is 0 Å². The normalized spacial score (nSPS) is 6.17. The Labute approximate surface area is 56.9 Å². The zero-order valence-corrected chi connectivity index (χ0v) is 5.60. The van der Waals surface area contributed by atoms with Crippen LogP contribution in [-0.4, -0.2) is 12.2 Å². The average Bonchev–Trinajstić information content (AvgIpc) is 1.41. The molecule has 34 valence electrons. The molecule has 0 aromatic carbocycles. The van der Waals surface area contributed by atoms with E-state index in [1.54, 1.807) is 0 Å². The number of rotatable bonds is 2. The maximum atomic E-state index is 9.32. The topological polar surface area (TPSA) is 17.1 Å². The quantitative estimate of drug-likeness (QED) is 0.315. The molecule has 1 nitrogen and oxygen atoms in total. The summed E-state index contributed by atoms with van der Waals surface area (Å²) < 4.78 is 0. The van der Waals surface area contributed by atoms with E-state index in [4.69, 9.17) is 11.6 Å². The Morgan fingerprint density at radius 1 is 1.67 bits per heavy atom. The van der Waals surface area contributed by atoms with Crippen molar-refractivity contribution in [3.8, 4) is 0 Å². The molecule has 0 aliphatic heterocycles. The fourth-order valence-electron chi connectivity index (χ4n) is 0.0445. The van der Waals surface area contributed by atoms with Crippen LogP contribution in [-0.2, 0) is 26.5 Å². The molecule has 0 aliphatic carbocycles. The first kappa shape index (κ1) is 9.84. The smallest absolute Gasteiger partial charge is 0.121 e. The number of aldehydes is 1. The van der Waals surface area contributed by atoms with Gasteiger partial charge in [0.25, 0.3) is 0 Å². The van der Waals surface area contributed by atoms with E-state index in [1.807, 2.05) is 0 Å². The Hall–Kier alpha value is 0.674. The summed E-state index contributed by atoms with van der Waals surface area (Å²) >= 11 is 5.07. The molecule has 0 saturated heterocycles. The number of halogens is 1. The fraction of sp³-hybridized carbons (Fsp3) is 0.667. The Morgan fingerprint density at radius 3 is 2.17 bits per heavy atom. The third-order valence-electron chi connectivity index (χ3n) is 0.227. The van der Waals surface area contributed by atoms with Gasteiger partial charge in [0.15, 0.2) is 0 Å². The van der Waals surface area contributed by atoms with E-state index >= 15 is 0 Å². The van der Waals surface area contributed by atoms with E-state index in [1.165, 1.54) is 0 Å². The monoisotopic (exact) mass is 140 g/mol. The second-order valence-corrected chi connectivity index (χ2v) is 1.02. The van der Waals surface area contributed by atoms with Gasteiger partial charge in [-0.25, -0.2) is 0 Å². The van der Waals surface area contributed by atoms with Crippen LogP contribution in [0.15, 0.2) is 0 Å². The third kappa shape index (κ3) is 8.82. The van der Waals surface area contributed by atoms with Crippen molar-refractivity contribution in [2.45, 2.75) is 6.42 Å². The molecule has 0 spiro atoms. The van der Waals surface area contributed by atoms with Crippen molar-refractivity contribution in [2.75, 3.05) is 5.88 Å². The molecule has 0 unspecified atom stereocenters. The van der Waals surface area contributed by atoms with Crippen LogP contribution in [0.25, 0.3) is 0 Å². The minimum atomic E-state index is 0. The van der Waals surface area contributed by atoms with Crippen molar-refractivity contribution in [1.82, 2.24) is 0 Å². The fourth-order valence-corrected chi connectivity index (χ4v) is 0.134. The van der Waals surface area contributed by atoms with Crippen molar-refractivity contribution >= 4 is 17.9 Å². The number of alkyl halides is 1. The molecule has 0 saturated carbocycles. The van der Waals surface area contributed by atoms with Gasteiger partial charge in [-0.15, -0.1) is 11.6 Å². The van der Waals surface area contributed by atoms with Gasteiger partial charge in [0.1, 0.15) is 6.29 Å². The van der Waals surface area contributed by atoms with E-state index in [0.717, 1.165) is 6.29 Å². The van der Waals surface area contributed by atoms with Crippen LogP contribution in [0.3, 0.4) is 0 Å². The molecule has 0 fully saturated rings. The van der Waals surface area contributed by atoms with Crippen molar-refractivity contribution in [3.63, 3.8) is 0 Å². The average molecular weight is 140 g/mol. The molecular formula is C3H5ClOTi. The molecule has 0 N–H and O–H groups in total. The predicted molar refractivity (Wildman–Crippen MR) is 21.4 cm³/mol. The van der Waals surface area contributed by atoms with Gasteiger partial charge >= 0.3 is 0 Å². The van der Waals surface area contributed by atoms with Gasteiger partial charge in [0.05, 0.1) is 0 Å². The second-order valence-electron chi connectivity index (χ2n) is 0.644. The van der Waals surface area contributed by atoms with Crippen LogP contribution >= 0.6 is 11.6 Å². The van der Waals surface area contributed by atoms with Gasteiger partial charge in [-0.05, 0) is 0 Å². The molecule has 0 aromatic rings. The first-order valence-corrected chi connectivity index (χ1v) is 1.95. The molecular weight excluding hydrogens is 135 g/mol. The zero-order chi connectivity index (χ0) is 4.12. The Morgan fingerprint density at radius 2 is 2.17 bits per heavy atom. The standard InChI is InChI=1S/C3H5ClO.Ti/c4-2-1-3-5;/h3H,1-2H2;. The van der Waals surface area contributed by atoms with E-state index in [2.05, 4.69) is 0 Å². The maximum absolute atomic E-state index is 9.32. The number of carbonyl (C=O) groups excluding carboxylic acids is 1. The summed E-state index contributed by atoms with van der Waals surface area (Å²) in [4.78, 5) is 9.32. The molecule has 0 rings (SSSR count). The molecule has 0 aromatic heterocycles. The summed E-state index contributed by atoms with van der Waals surface area (Å²) in [5, 5.41) is 0. The van der Waals surface area contributed by atoms with Crippen molar-refractivity contribution in [3.05, 3.63) is 0 Å². The van der Waals surface area contributed by atoms with Crippen LogP contribution in [0.2, 0.25) is 0 Å². The van der Waals surface area contributed by atoms with Crippen LogP contribution in [0, 0.1) is 0 Å². The molecule has 0 aliphatic rings. The van der Waals surface area contributed by atoms with E-state index < -0.39 is 0 Å². The van der Waals surface area contributed by atoms with Crippen LogP contribution in [0.5, 0.6) is 0 Å². The van der Waals surface area contributed by atoms with Gasteiger partial charge in [-0.1, -0.05) is 0 Å². The van der Waals surface area contributed by atoms with Gasteiger partial charge < -0.3 is 4.79 Å². The second kappa shape index (κ2) is 9.18. The van der Waals surface area contributed by atoms with E-state index in [0.29, 0.717) is 12.3 Å². The zero-order valence-electron chi connectivity index (χ0n) is 3.28. The Balaban J connectivity index is 0. The maximum Gasteiger partial charge on any atom is 0.121 e. The first-order valence-electron chi connectivity index (χ1n) is 1.41. The van der Waals surface area contributed by atoms with Crippen LogP contribution in [0.4, 0.5) is 0 Å². The number of hydrogen-bond acceptors (Lipinski definition) is 1. The first-order chi connectivity index (χ1) is 2.41. The molecule has 0 amide bonds.